The van der Waals surface area contributed by atoms with Gasteiger partial charge in [0.15, 0.2) is 5.82 Å². The number of anilines is 3. The Bertz CT molecular complexity index is 1600. The summed E-state index contributed by atoms with van der Waals surface area (Å²) in [5.41, 5.74) is 10.8. The maximum Gasteiger partial charge on any atom is 0.236 e. The lowest BCUT2D eigenvalue weighted by Crippen LogP contribution is -2.16. The third-order valence-corrected chi connectivity index (χ3v) is 6.20. The summed E-state index contributed by atoms with van der Waals surface area (Å²) in [5, 5.41) is 19.6. The predicted molar refractivity (Wildman–Crippen MR) is 155 cm³/mol. The van der Waals surface area contributed by atoms with Crippen molar-refractivity contribution in [3.63, 3.8) is 0 Å². The molecule has 3 aromatic carbocycles. The highest BCUT2D eigenvalue weighted by atomic mass is 16.5. The van der Waals surface area contributed by atoms with Crippen LogP contribution >= 0.6 is 0 Å². The number of carbonyl (C=O) groups is 1. The lowest BCUT2D eigenvalue weighted by molar-refractivity contribution is 0.415. The van der Waals surface area contributed by atoms with Crippen molar-refractivity contribution in [2.24, 2.45) is 0 Å². The molecule has 0 unspecified atom stereocenters. The second kappa shape index (κ2) is 11.3. The van der Waals surface area contributed by atoms with Crippen LogP contribution in [0.3, 0.4) is 0 Å². The van der Waals surface area contributed by atoms with Gasteiger partial charge in [-0.1, -0.05) is 72.8 Å². The normalized spacial score (nSPS) is 11.4. The van der Waals surface area contributed by atoms with Crippen molar-refractivity contribution in [2.45, 2.75) is 6.92 Å². The summed E-state index contributed by atoms with van der Waals surface area (Å²) in [6.07, 6.45) is 0.685. The van der Waals surface area contributed by atoms with Gasteiger partial charge in [0.05, 0.1) is 12.7 Å². The minimum Gasteiger partial charge on any atom is -0.497 e. The Morgan fingerprint density at radius 1 is 0.846 bits per heavy atom. The molecule has 0 radical (unpaired) electrons. The first kappa shape index (κ1) is 25.2. The Kier molecular flexibility index (Phi) is 7.31. The van der Waals surface area contributed by atoms with E-state index in [1.807, 2.05) is 91.9 Å². The Hall–Kier alpha value is -5.44. The van der Waals surface area contributed by atoms with Crippen LogP contribution in [0.2, 0.25) is 0 Å². The summed E-state index contributed by atoms with van der Waals surface area (Å²) in [5.74, 6) is 2.61. The molecule has 9 heteroatoms. The van der Waals surface area contributed by atoms with E-state index in [4.69, 9.17) is 10.5 Å². The quantitative estimate of drug-likeness (QED) is 0.218. The van der Waals surface area contributed by atoms with Crippen LogP contribution in [-0.4, -0.2) is 33.5 Å². The van der Waals surface area contributed by atoms with Gasteiger partial charge in [-0.2, -0.15) is 9.78 Å². The lowest BCUT2D eigenvalue weighted by Gasteiger charge is -2.18. The molecule has 0 atom stereocenters. The molecule has 2 aromatic heterocycles. The number of nitrogen functional groups attached to an aromatic ring is 1. The van der Waals surface area contributed by atoms with Crippen LogP contribution < -0.4 is 21.1 Å². The molecule has 4 N–H and O–H groups in total. The number of methoxy groups -OCH3 is 1. The van der Waals surface area contributed by atoms with E-state index in [1.165, 1.54) is 4.68 Å². The van der Waals surface area contributed by atoms with Gasteiger partial charge in [-0.3, -0.25) is 4.79 Å². The summed E-state index contributed by atoms with van der Waals surface area (Å²) in [4.78, 5) is 12.3. The van der Waals surface area contributed by atoms with Gasteiger partial charge in [-0.15, -0.1) is 10.2 Å². The van der Waals surface area contributed by atoms with Crippen LogP contribution in [0.15, 0.2) is 103 Å². The second-order valence-corrected chi connectivity index (χ2v) is 8.68. The van der Waals surface area contributed by atoms with Crippen molar-refractivity contribution in [3.05, 3.63) is 108 Å². The largest absolute Gasteiger partial charge is 0.497 e. The van der Waals surface area contributed by atoms with E-state index in [1.54, 1.807) is 19.2 Å². The lowest BCUT2D eigenvalue weighted by atomic mass is 10.0. The number of benzene rings is 3. The maximum atomic E-state index is 12.3. The molecule has 0 spiro atoms. The van der Waals surface area contributed by atoms with E-state index in [0.29, 0.717) is 35.4 Å². The third kappa shape index (κ3) is 5.47. The highest BCUT2D eigenvalue weighted by Gasteiger charge is 2.22. The van der Waals surface area contributed by atoms with Crippen molar-refractivity contribution in [2.75, 3.05) is 23.5 Å². The van der Waals surface area contributed by atoms with Crippen molar-refractivity contribution >= 4 is 29.4 Å². The SMILES string of the molecule is COc1ccc(/C(C)=C(\Nc2ccc(N)nn2)Nc2c(-c3ccccc3)c(-c3ccccc3)nn2C=O)cc1. The monoisotopic (exact) mass is 517 g/mol. The highest BCUT2D eigenvalue weighted by Crippen LogP contribution is 2.38. The highest BCUT2D eigenvalue weighted by molar-refractivity contribution is 5.92. The summed E-state index contributed by atoms with van der Waals surface area (Å²) in [6.45, 7) is 1.96. The number of hydrogen-bond donors (Lipinski definition) is 3. The van der Waals surface area contributed by atoms with E-state index in [2.05, 4.69) is 25.9 Å². The van der Waals surface area contributed by atoms with Crippen LogP contribution in [-0.2, 0) is 4.79 Å². The molecule has 2 heterocycles. The number of carbonyl (C=O) groups excluding carboxylic acids is 1. The second-order valence-electron chi connectivity index (χ2n) is 8.68. The number of nitrogens with two attached hydrogens (primary N) is 1. The number of hydrogen-bond acceptors (Lipinski definition) is 8. The van der Waals surface area contributed by atoms with Crippen LogP contribution in [0.4, 0.5) is 17.5 Å². The number of nitrogens with one attached hydrogen (secondary N) is 2. The molecule has 0 saturated carbocycles. The van der Waals surface area contributed by atoms with Crippen LogP contribution in [0.1, 0.15) is 12.5 Å². The zero-order valence-corrected chi connectivity index (χ0v) is 21.5. The first-order chi connectivity index (χ1) is 19.1. The van der Waals surface area contributed by atoms with Crippen molar-refractivity contribution < 1.29 is 9.53 Å². The minimum atomic E-state index is 0.309. The van der Waals surface area contributed by atoms with Gasteiger partial charge in [0.2, 0.25) is 6.41 Å². The summed E-state index contributed by atoms with van der Waals surface area (Å²) < 4.78 is 6.63. The van der Waals surface area contributed by atoms with Crippen LogP contribution in [0, 0.1) is 0 Å². The number of rotatable bonds is 9. The predicted octanol–water partition coefficient (Wildman–Crippen LogP) is 5.55. The van der Waals surface area contributed by atoms with E-state index in [9.17, 15) is 4.79 Å². The minimum absolute atomic E-state index is 0.309. The Morgan fingerprint density at radius 2 is 1.51 bits per heavy atom. The molecule has 39 heavy (non-hydrogen) atoms. The topological polar surface area (TPSA) is 120 Å². The van der Waals surface area contributed by atoms with Gasteiger partial charge in [0.1, 0.15) is 28.9 Å². The van der Waals surface area contributed by atoms with Gasteiger partial charge in [0, 0.05) is 5.56 Å². The summed E-state index contributed by atoms with van der Waals surface area (Å²) >= 11 is 0. The van der Waals surface area contributed by atoms with Crippen molar-refractivity contribution in [1.29, 1.82) is 0 Å². The molecule has 0 aliphatic carbocycles. The average molecular weight is 518 g/mol. The van der Waals surface area contributed by atoms with Crippen molar-refractivity contribution in [3.8, 4) is 28.1 Å². The molecule has 5 rings (SSSR count). The van der Waals surface area contributed by atoms with Gasteiger partial charge in [0.25, 0.3) is 0 Å². The number of nitrogens with zero attached hydrogens (tertiary/aromatic N) is 4. The molecule has 0 aliphatic heterocycles. The summed E-state index contributed by atoms with van der Waals surface area (Å²) in [6, 6.07) is 30.7. The van der Waals surface area contributed by atoms with E-state index in [-0.39, 0.29) is 0 Å². The smallest absolute Gasteiger partial charge is 0.236 e. The Morgan fingerprint density at radius 3 is 2.10 bits per heavy atom. The fourth-order valence-electron chi connectivity index (χ4n) is 4.17. The molecule has 0 fully saturated rings. The zero-order valence-electron chi connectivity index (χ0n) is 21.5. The zero-order chi connectivity index (χ0) is 27.2. The van der Waals surface area contributed by atoms with Crippen LogP contribution in [0.25, 0.3) is 28.0 Å². The average Bonchev–Trinajstić information content (AvgIpc) is 3.36. The Balaban J connectivity index is 1.68. The van der Waals surface area contributed by atoms with Gasteiger partial charge in [-0.25, -0.2) is 0 Å². The first-order valence-corrected chi connectivity index (χ1v) is 12.2. The molecular formula is C30H27N7O2. The first-order valence-electron chi connectivity index (χ1n) is 12.2. The maximum absolute atomic E-state index is 12.3. The molecule has 0 saturated heterocycles. The number of allylic oxidation sites excluding steroid dienone is 1. The van der Waals surface area contributed by atoms with E-state index in [0.717, 1.165) is 33.6 Å². The van der Waals surface area contributed by atoms with Gasteiger partial charge < -0.3 is 21.1 Å². The van der Waals surface area contributed by atoms with Gasteiger partial charge in [-0.05, 0) is 47.9 Å². The van der Waals surface area contributed by atoms with Crippen LogP contribution in [0.5, 0.6) is 5.75 Å². The van der Waals surface area contributed by atoms with Crippen molar-refractivity contribution in [1.82, 2.24) is 20.0 Å². The Labute approximate surface area is 226 Å². The molecule has 0 aliphatic rings. The molecule has 0 amide bonds. The molecule has 5 aromatic rings. The van der Waals surface area contributed by atoms with Gasteiger partial charge >= 0.3 is 0 Å². The summed E-state index contributed by atoms with van der Waals surface area (Å²) in [7, 11) is 1.63. The number of aromatic nitrogens is 4. The number of ether oxygens (including phenoxy) is 1. The molecular weight excluding hydrogens is 490 g/mol. The third-order valence-electron chi connectivity index (χ3n) is 6.20. The van der Waals surface area contributed by atoms with E-state index >= 15 is 0 Å². The fourth-order valence-corrected chi connectivity index (χ4v) is 4.17. The standard InChI is InChI=1S/C30H27N7O2/c1-20(21-13-15-24(39-2)16-14-21)29(32-26-18-17-25(31)34-35-26)33-30-27(22-9-5-3-6-10-22)28(36-37(30)19-38)23-11-7-4-8-12-23/h3-19,33H,1-2H3,(H2,31,34)(H,32,35)/b29-20+. The molecule has 0 bridgehead atoms. The molecule has 9 nitrogen and oxygen atoms in total. The van der Waals surface area contributed by atoms with E-state index < -0.39 is 0 Å². The molecule has 194 valence electrons. The fraction of sp³-hybridized carbons (Fsp3) is 0.0667.